The van der Waals surface area contributed by atoms with E-state index in [4.69, 9.17) is 4.74 Å². The molecular formula is C30H38O4. The number of hydrogen-bond acceptors (Lipinski definition) is 4. The Hall–Kier alpha value is -3.14. The number of phenolic OH excluding ortho intramolecular Hbond substituents is 3. The van der Waals surface area contributed by atoms with Crippen LogP contribution in [-0.2, 0) is 10.8 Å². The Kier molecular flexibility index (Phi) is 6.67. The highest BCUT2D eigenvalue weighted by Crippen LogP contribution is 2.48. The zero-order valence-corrected chi connectivity index (χ0v) is 21.9. The quantitative estimate of drug-likeness (QED) is 0.358. The van der Waals surface area contributed by atoms with E-state index in [0.717, 1.165) is 27.8 Å². The van der Waals surface area contributed by atoms with Gasteiger partial charge in [-0.15, -0.1) is 0 Å². The minimum atomic E-state index is -0.475. The molecule has 0 radical (unpaired) electrons. The van der Waals surface area contributed by atoms with Gasteiger partial charge in [0.2, 0.25) is 0 Å². The van der Waals surface area contributed by atoms with Crippen LogP contribution in [0.1, 0.15) is 86.4 Å². The van der Waals surface area contributed by atoms with Crippen molar-refractivity contribution >= 4 is 0 Å². The topological polar surface area (TPSA) is 69.9 Å². The fraction of sp³-hybridized carbons (Fsp3) is 0.400. The summed E-state index contributed by atoms with van der Waals surface area (Å²) in [7, 11) is 1.51. The van der Waals surface area contributed by atoms with Crippen molar-refractivity contribution in [1.82, 2.24) is 0 Å². The van der Waals surface area contributed by atoms with Gasteiger partial charge in [-0.1, -0.05) is 83.0 Å². The number of benzene rings is 3. The first-order chi connectivity index (χ1) is 15.6. The van der Waals surface area contributed by atoms with Crippen LogP contribution in [0.5, 0.6) is 23.0 Å². The second-order valence-corrected chi connectivity index (χ2v) is 11.4. The number of phenols is 3. The van der Waals surface area contributed by atoms with E-state index in [9.17, 15) is 15.3 Å². The van der Waals surface area contributed by atoms with Crippen LogP contribution < -0.4 is 4.74 Å². The number of aromatic hydroxyl groups is 3. The van der Waals surface area contributed by atoms with E-state index < -0.39 is 5.92 Å². The van der Waals surface area contributed by atoms with Gasteiger partial charge in [0.15, 0.2) is 11.5 Å². The molecule has 0 saturated carbocycles. The molecule has 0 aliphatic rings. The summed E-state index contributed by atoms with van der Waals surface area (Å²) >= 11 is 0. The first-order valence-corrected chi connectivity index (χ1v) is 11.7. The largest absolute Gasteiger partial charge is 0.507 e. The highest BCUT2D eigenvalue weighted by molar-refractivity contribution is 5.61. The van der Waals surface area contributed by atoms with E-state index in [1.165, 1.54) is 7.11 Å². The Labute approximate surface area is 203 Å². The summed E-state index contributed by atoms with van der Waals surface area (Å²) in [5, 5.41) is 33.3. The maximum absolute atomic E-state index is 11.6. The third kappa shape index (κ3) is 4.86. The lowest BCUT2D eigenvalue weighted by Gasteiger charge is -2.29. The van der Waals surface area contributed by atoms with Crippen molar-refractivity contribution in [2.45, 2.75) is 72.1 Å². The third-order valence-corrected chi connectivity index (χ3v) is 6.34. The summed E-state index contributed by atoms with van der Waals surface area (Å²) in [6, 6.07) is 13.2. The van der Waals surface area contributed by atoms with Crippen molar-refractivity contribution in [3.05, 3.63) is 81.4 Å². The van der Waals surface area contributed by atoms with Gasteiger partial charge in [-0.25, -0.2) is 0 Å². The first-order valence-electron chi connectivity index (χ1n) is 11.7. The fourth-order valence-corrected chi connectivity index (χ4v) is 4.60. The van der Waals surface area contributed by atoms with Crippen LogP contribution in [-0.4, -0.2) is 22.4 Å². The number of aryl methyl sites for hydroxylation is 2. The minimum absolute atomic E-state index is 0.0395. The van der Waals surface area contributed by atoms with E-state index in [1.54, 1.807) is 12.1 Å². The molecule has 0 spiro atoms. The van der Waals surface area contributed by atoms with Gasteiger partial charge in [-0.05, 0) is 53.5 Å². The van der Waals surface area contributed by atoms with E-state index >= 15 is 0 Å². The van der Waals surface area contributed by atoms with E-state index in [-0.39, 0.29) is 28.1 Å². The maximum Gasteiger partial charge on any atom is 0.160 e. The summed E-state index contributed by atoms with van der Waals surface area (Å²) in [6.45, 7) is 16.5. The molecule has 0 atom stereocenters. The molecule has 3 aromatic rings. The van der Waals surface area contributed by atoms with Crippen LogP contribution in [0.25, 0.3) is 0 Å². The number of rotatable bonds is 4. The fourth-order valence-electron chi connectivity index (χ4n) is 4.60. The summed E-state index contributed by atoms with van der Waals surface area (Å²) in [6.07, 6.45) is 0. The van der Waals surface area contributed by atoms with Crippen LogP contribution in [0.3, 0.4) is 0 Å². The van der Waals surface area contributed by atoms with Gasteiger partial charge in [-0.3, -0.25) is 0 Å². The van der Waals surface area contributed by atoms with Gasteiger partial charge in [0.1, 0.15) is 11.5 Å². The van der Waals surface area contributed by atoms with Crippen molar-refractivity contribution in [2.75, 3.05) is 7.11 Å². The average molecular weight is 463 g/mol. The van der Waals surface area contributed by atoms with Gasteiger partial charge in [0.25, 0.3) is 0 Å². The summed E-state index contributed by atoms with van der Waals surface area (Å²) in [4.78, 5) is 0. The van der Waals surface area contributed by atoms with Crippen molar-refractivity contribution in [1.29, 1.82) is 0 Å². The van der Waals surface area contributed by atoms with Crippen molar-refractivity contribution in [2.24, 2.45) is 0 Å². The maximum atomic E-state index is 11.6. The molecule has 0 aromatic heterocycles. The Morgan fingerprint density at radius 1 is 0.676 bits per heavy atom. The predicted octanol–water partition coefficient (Wildman–Crippen LogP) is 7.20. The lowest BCUT2D eigenvalue weighted by molar-refractivity contribution is 0.372. The van der Waals surface area contributed by atoms with Crippen LogP contribution in [0, 0.1) is 13.8 Å². The second kappa shape index (κ2) is 8.90. The molecule has 3 rings (SSSR count). The Bertz CT molecular complexity index is 1140. The number of ether oxygens (including phenoxy) is 1. The SMILES string of the molecule is COc1cc(C(c2cc(C)cc(C(C)(C)C)c2O)c2cc(C)cc(C(C)(C)C)c2O)ccc1O. The highest BCUT2D eigenvalue weighted by Gasteiger charge is 2.31. The second-order valence-electron chi connectivity index (χ2n) is 11.4. The number of hydrogen-bond donors (Lipinski definition) is 3. The molecule has 0 bridgehead atoms. The number of methoxy groups -OCH3 is 1. The standard InChI is InChI=1S/C30H38O4/c1-17-12-20(27(32)22(14-17)29(3,4)5)26(19-10-11-24(31)25(16-19)34-9)21-13-18(2)15-23(28(21)33)30(6,7)8/h10-16,26,31-33H,1-9H3. The van der Waals surface area contributed by atoms with Gasteiger partial charge >= 0.3 is 0 Å². The molecule has 4 heteroatoms. The van der Waals surface area contributed by atoms with Crippen LogP contribution in [0.4, 0.5) is 0 Å². The molecule has 3 aromatic carbocycles. The predicted molar refractivity (Wildman–Crippen MR) is 139 cm³/mol. The van der Waals surface area contributed by atoms with Crippen LogP contribution in [0.2, 0.25) is 0 Å². The molecule has 0 unspecified atom stereocenters. The summed E-state index contributed by atoms with van der Waals surface area (Å²) < 4.78 is 5.40. The average Bonchev–Trinajstić information content (AvgIpc) is 2.72. The van der Waals surface area contributed by atoms with Gasteiger partial charge < -0.3 is 20.1 Å². The molecule has 182 valence electrons. The van der Waals surface area contributed by atoms with Crippen molar-refractivity contribution in [3.8, 4) is 23.0 Å². The zero-order valence-electron chi connectivity index (χ0n) is 21.9. The molecule has 3 N–H and O–H groups in total. The molecule has 0 amide bonds. The molecule has 0 aliphatic carbocycles. The molecule has 0 saturated heterocycles. The zero-order chi connectivity index (χ0) is 25.6. The van der Waals surface area contributed by atoms with Gasteiger partial charge in [0, 0.05) is 17.0 Å². The third-order valence-electron chi connectivity index (χ3n) is 6.34. The molecule has 0 aliphatic heterocycles. The van der Waals surface area contributed by atoms with Crippen molar-refractivity contribution in [3.63, 3.8) is 0 Å². The Balaban J connectivity index is 2.45. The minimum Gasteiger partial charge on any atom is -0.507 e. The summed E-state index contributed by atoms with van der Waals surface area (Å²) in [5.41, 5.74) is 5.42. The normalized spacial score (nSPS) is 12.3. The monoisotopic (exact) mass is 462 g/mol. The Morgan fingerprint density at radius 2 is 1.12 bits per heavy atom. The highest BCUT2D eigenvalue weighted by atomic mass is 16.5. The smallest absolute Gasteiger partial charge is 0.160 e. The lowest BCUT2D eigenvalue weighted by Crippen LogP contribution is -2.16. The van der Waals surface area contributed by atoms with E-state index in [2.05, 4.69) is 41.5 Å². The first kappa shape index (κ1) is 25.5. The van der Waals surface area contributed by atoms with Gasteiger partial charge in [0.05, 0.1) is 7.11 Å². The molecule has 34 heavy (non-hydrogen) atoms. The molecule has 0 fully saturated rings. The van der Waals surface area contributed by atoms with E-state index in [0.29, 0.717) is 16.9 Å². The van der Waals surface area contributed by atoms with Crippen LogP contribution in [0.15, 0.2) is 42.5 Å². The van der Waals surface area contributed by atoms with Gasteiger partial charge in [-0.2, -0.15) is 0 Å². The molecule has 0 heterocycles. The lowest BCUT2D eigenvalue weighted by atomic mass is 9.76. The molecular weight excluding hydrogens is 424 g/mol. The van der Waals surface area contributed by atoms with E-state index in [1.807, 2.05) is 44.2 Å². The Morgan fingerprint density at radius 3 is 1.50 bits per heavy atom. The summed E-state index contributed by atoms with van der Waals surface area (Å²) in [5.74, 6) is 0.338. The van der Waals surface area contributed by atoms with Crippen LogP contribution >= 0.6 is 0 Å². The molecule has 4 nitrogen and oxygen atoms in total. The van der Waals surface area contributed by atoms with Crippen molar-refractivity contribution < 1.29 is 20.1 Å².